The van der Waals surface area contributed by atoms with Gasteiger partial charge in [0.05, 0.1) is 24.5 Å². The number of hydrogen-bond donors (Lipinski definition) is 2. The number of fused-ring (bicyclic) bond motifs is 1. The summed E-state index contributed by atoms with van der Waals surface area (Å²) in [7, 11) is 0. The Morgan fingerprint density at radius 3 is 2.65 bits per heavy atom. The Morgan fingerprint density at radius 2 is 1.88 bits per heavy atom. The van der Waals surface area contributed by atoms with Crippen LogP contribution in [0, 0.1) is 12.5 Å². The number of halogens is 1. The van der Waals surface area contributed by atoms with Gasteiger partial charge in [0.15, 0.2) is 0 Å². The molecule has 1 atom stereocenters. The predicted molar refractivity (Wildman–Crippen MR) is 135 cm³/mol. The topological polar surface area (TPSA) is 65.8 Å². The lowest BCUT2D eigenvalue weighted by Gasteiger charge is -2.22. The predicted octanol–water partition coefficient (Wildman–Crippen LogP) is 4.79. The average Bonchev–Trinajstić information content (AvgIpc) is 3.46. The molecule has 1 heterocycles. The quantitative estimate of drug-likeness (QED) is 0.462. The molecule has 2 fully saturated rings. The monoisotopic (exact) mass is 516 g/mol. The van der Waals surface area contributed by atoms with E-state index < -0.39 is 0 Å². The highest BCUT2D eigenvalue weighted by molar-refractivity contribution is 9.10. The van der Waals surface area contributed by atoms with Crippen LogP contribution in [0.25, 0.3) is 15.7 Å². The summed E-state index contributed by atoms with van der Waals surface area (Å²) in [6, 6.07) is 19.8. The Morgan fingerprint density at radius 1 is 1.12 bits per heavy atom. The average molecular weight is 517 g/mol. The fourth-order valence-electron chi connectivity index (χ4n) is 4.81. The highest BCUT2D eigenvalue weighted by Crippen LogP contribution is 2.49. The van der Waals surface area contributed by atoms with Crippen LogP contribution in [0.5, 0.6) is 0 Å². The summed E-state index contributed by atoms with van der Waals surface area (Å²) in [5, 5.41) is 10.1. The van der Waals surface area contributed by atoms with E-state index in [1.165, 1.54) is 0 Å². The molecule has 0 bridgehead atoms. The zero-order valence-corrected chi connectivity index (χ0v) is 20.3. The van der Waals surface area contributed by atoms with E-state index in [-0.39, 0.29) is 29.8 Å². The summed E-state index contributed by atoms with van der Waals surface area (Å²) < 4.78 is 0.994. The SMILES string of the molecule is [C-]#[N+]N1CC[C@H](C(=O)NCc2ccccc2C(=O)NC2(c3cc(Br)cc4ccccc34)CC2)C1. The third-order valence-electron chi connectivity index (χ3n) is 6.84. The van der Waals surface area contributed by atoms with Crippen molar-refractivity contribution in [2.24, 2.45) is 5.92 Å². The fourth-order valence-corrected chi connectivity index (χ4v) is 5.29. The van der Waals surface area contributed by atoms with Gasteiger partial charge in [-0.05, 0) is 59.4 Å². The standard InChI is InChI=1S/C27H25BrN4O2/c1-29-32-13-10-20(17-32)25(33)30-16-19-7-3-5-9-23(19)26(34)31-27(11-12-27)24-15-21(28)14-18-6-2-4-8-22(18)24/h2-9,14-15,20H,10-13,16-17H2,(H,30,33)(H,31,34)/t20-/m0/s1. The van der Waals surface area contributed by atoms with Crippen molar-refractivity contribution >= 4 is 38.5 Å². The minimum atomic E-state index is -0.385. The third-order valence-corrected chi connectivity index (χ3v) is 7.30. The van der Waals surface area contributed by atoms with Crippen LogP contribution in [-0.4, -0.2) is 29.9 Å². The number of benzene rings is 3. The molecule has 1 saturated heterocycles. The lowest BCUT2D eigenvalue weighted by atomic mass is 9.96. The first-order valence-corrected chi connectivity index (χ1v) is 12.3. The third kappa shape index (κ3) is 4.38. The van der Waals surface area contributed by atoms with Crippen molar-refractivity contribution in [3.63, 3.8) is 0 Å². The molecular formula is C27H25BrN4O2. The highest BCUT2D eigenvalue weighted by Gasteiger charge is 2.47. The van der Waals surface area contributed by atoms with Crippen molar-refractivity contribution in [2.45, 2.75) is 31.3 Å². The van der Waals surface area contributed by atoms with Crippen molar-refractivity contribution < 1.29 is 9.59 Å². The lowest BCUT2D eigenvalue weighted by Crippen LogP contribution is -2.36. The number of amides is 2. The van der Waals surface area contributed by atoms with Gasteiger partial charge in [-0.25, -0.2) is 0 Å². The zero-order valence-electron chi connectivity index (χ0n) is 18.7. The molecule has 172 valence electrons. The van der Waals surface area contributed by atoms with Gasteiger partial charge in [0.25, 0.3) is 5.91 Å². The van der Waals surface area contributed by atoms with Gasteiger partial charge in [-0.2, -0.15) is 11.5 Å². The van der Waals surface area contributed by atoms with Crippen LogP contribution in [0.2, 0.25) is 0 Å². The molecule has 5 rings (SSSR count). The number of carbonyl (C=O) groups excluding carboxylic acids is 2. The largest absolute Gasteiger partial charge is 0.352 e. The molecule has 7 heteroatoms. The number of nitrogens with zero attached hydrogens (tertiary/aromatic N) is 2. The molecule has 0 unspecified atom stereocenters. The van der Waals surface area contributed by atoms with Gasteiger partial charge in [0.2, 0.25) is 5.91 Å². The summed E-state index contributed by atoms with van der Waals surface area (Å²) in [4.78, 5) is 29.4. The Kier molecular flexibility index (Phi) is 6.01. The van der Waals surface area contributed by atoms with Gasteiger partial charge in [0.1, 0.15) is 0 Å². The van der Waals surface area contributed by atoms with Gasteiger partial charge in [-0.15, -0.1) is 5.01 Å². The first-order chi connectivity index (χ1) is 16.5. The minimum Gasteiger partial charge on any atom is -0.352 e. The summed E-state index contributed by atoms with van der Waals surface area (Å²) in [5.41, 5.74) is 2.09. The second-order valence-corrected chi connectivity index (χ2v) is 10.00. The second-order valence-electron chi connectivity index (χ2n) is 9.08. The Bertz CT molecular complexity index is 1310. The molecular weight excluding hydrogens is 492 g/mol. The maximum absolute atomic E-state index is 13.4. The van der Waals surface area contributed by atoms with Crippen molar-refractivity contribution in [1.29, 1.82) is 0 Å². The van der Waals surface area contributed by atoms with Gasteiger partial charge >= 0.3 is 0 Å². The van der Waals surface area contributed by atoms with Crippen LogP contribution >= 0.6 is 15.9 Å². The molecule has 2 amide bonds. The molecule has 3 aromatic carbocycles. The summed E-state index contributed by atoms with van der Waals surface area (Å²) in [6.45, 7) is 8.47. The Labute approximate surface area is 207 Å². The summed E-state index contributed by atoms with van der Waals surface area (Å²) in [5.74, 6) is -0.387. The molecule has 0 radical (unpaired) electrons. The van der Waals surface area contributed by atoms with E-state index in [9.17, 15) is 9.59 Å². The summed E-state index contributed by atoms with van der Waals surface area (Å²) >= 11 is 3.62. The van der Waals surface area contributed by atoms with Crippen LogP contribution in [0.1, 0.15) is 40.7 Å². The van der Waals surface area contributed by atoms with Crippen molar-refractivity contribution in [3.8, 4) is 0 Å². The Balaban J connectivity index is 1.33. The van der Waals surface area contributed by atoms with E-state index in [1.807, 2.05) is 36.4 Å². The van der Waals surface area contributed by atoms with E-state index >= 15 is 0 Å². The van der Waals surface area contributed by atoms with E-state index in [4.69, 9.17) is 6.57 Å². The molecule has 1 aliphatic carbocycles. The van der Waals surface area contributed by atoms with Gasteiger partial charge in [-0.3, -0.25) is 9.59 Å². The first kappa shape index (κ1) is 22.4. The molecule has 1 saturated carbocycles. The number of carbonyl (C=O) groups is 2. The van der Waals surface area contributed by atoms with Crippen molar-refractivity contribution in [1.82, 2.24) is 15.6 Å². The van der Waals surface area contributed by atoms with Crippen LogP contribution in [0.15, 0.2) is 65.1 Å². The molecule has 1 aliphatic heterocycles. The maximum atomic E-state index is 13.4. The van der Waals surface area contributed by atoms with E-state index in [1.54, 1.807) is 5.01 Å². The number of nitrogens with one attached hydrogen (secondary N) is 2. The van der Waals surface area contributed by atoms with E-state index in [0.717, 1.165) is 39.2 Å². The normalized spacial score (nSPS) is 18.4. The Hall–Kier alpha value is -3.37. The molecule has 0 aromatic heterocycles. The number of rotatable bonds is 6. The molecule has 0 spiro atoms. The van der Waals surface area contributed by atoms with Crippen molar-refractivity contribution in [3.05, 3.63) is 93.4 Å². The molecule has 3 aromatic rings. The van der Waals surface area contributed by atoms with E-state index in [0.29, 0.717) is 25.1 Å². The molecule has 2 aliphatic rings. The maximum Gasteiger partial charge on any atom is 0.252 e. The molecule has 6 nitrogen and oxygen atoms in total. The summed E-state index contributed by atoms with van der Waals surface area (Å²) in [6.07, 6.45) is 2.45. The smallest absolute Gasteiger partial charge is 0.252 e. The fraction of sp³-hybridized carbons (Fsp3) is 0.296. The minimum absolute atomic E-state index is 0.0689. The van der Waals surface area contributed by atoms with E-state index in [2.05, 4.69) is 55.8 Å². The molecule has 2 N–H and O–H groups in total. The zero-order chi connectivity index (χ0) is 23.7. The van der Waals surface area contributed by atoms with Crippen LogP contribution in [0.3, 0.4) is 0 Å². The number of hydrogen-bond acceptors (Lipinski definition) is 3. The van der Waals surface area contributed by atoms with Crippen molar-refractivity contribution in [2.75, 3.05) is 13.1 Å². The van der Waals surface area contributed by atoms with Crippen LogP contribution < -0.4 is 10.6 Å². The lowest BCUT2D eigenvalue weighted by molar-refractivity contribution is -0.124. The first-order valence-electron chi connectivity index (χ1n) is 11.5. The van der Waals surface area contributed by atoms with Gasteiger partial charge in [-0.1, -0.05) is 58.4 Å². The molecule has 34 heavy (non-hydrogen) atoms. The van der Waals surface area contributed by atoms with Gasteiger partial charge < -0.3 is 10.6 Å². The van der Waals surface area contributed by atoms with Crippen LogP contribution in [0.4, 0.5) is 0 Å². The van der Waals surface area contributed by atoms with Gasteiger partial charge in [0, 0.05) is 16.6 Å². The highest BCUT2D eigenvalue weighted by atomic mass is 79.9. The second kappa shape index (κ2) is 9.11. The van der Waals surface area contributed by atoms with Crippen LogP contribution in [-0.2, 0) is 16.9 Å².